The summed E-state index contributed by atoms with van der Waals surface area (Å²) in [7, 11) is 1.58. The number of nitrogens with zero attached hydrogens (tertiary/aromatic N) is 3. The molecule has 0 radical (unpaired) electrons. The molecule has 0 aliphatic rings. The lowest BCUT2D eigenvalue weighted by Gasteiger charge is -1.99. The van der Waals surface area contributed by atoms with Gasteiger partial charge in [-0.1, -0.05) is 0 Å². The van der Waals surface area contributed by atoms with Gasteiger partial charge in [0, 0.05) is 7.05 Å². The molecule has 1 rings (SSSR count). The highest BCUT2D eigenvalue weighted by Crippen LogP contribution is 1.77. The molecule has 6 heteroatoms. The summed E-state index contributed by atoms with van der Waals surface area (Å²) in [6, 6.07) is 0. The largest absolute Gasteiger partial charge is 0.370 e. The number of hydrogen-bond donors (Lipinski definition) is 2. The van der Waals surface area contributed by atoms with Crippen molar-refractivity contribution in [2.24, 2.45) is 0 Å². The molecule has 1 aromatic heterocycles. The molecule has 1 aromatic rings. The molecular weight excluding hydrogens is 134 g/mol. The standard InChI is InChI=1S/C4H7N5O/c1-6-9-2-7-3(5)8-4(9)10/h2,6H,1H3,(H2,5,8,10). The van der Waals surface area contributed by atoms with E-state index in [2.05, 4.69) is 15.4 Å². The van der Waals surface area contributed by atoms with Crippen molar-refractivity contribution in [1.29, 1.82) is 0 Å². The summed E-state index contributed by atoms with van der Waals surface area (Å²) < 4.78 is 1.12. The fraction of sp³-hybridized carbons (Fsp3) is 0.250. The van der Waals surface area contributed by atoms with Crippen LogP contribution in [0.2, 0.25) is 0 Å². The van der Waals surface area contributed by atoms with Gasteiger partial charge in [-0.3, -0.25) is 0 Å². The monoisotopic (exact) mass is 141 g/mol. The second-order valence-electron chi connectivity index (χ2n) is 1.59. The normalized spacial score (nSPS) is 9.30. The summed E-state index contributed by atoms with van der Waals surface area (Å²) in [5, 5.41) is 0. The molecule has 3 N–H and O–H groups in total. The molecule has 0 saturated heterocycles. The van der Waals surface area contributed by atoms with E-state index in [1.54, 1.807) is 7.05 Å². The Labute approximate surface area is 56.7 Å². The van der Waals surface area contributed by atoms with Crippen LogP contribution >= 0.6 is 0 Å². The van der Waals surface area contributed by atoms with Crippen LogP contribution in [0.5, 0.6) is 0 Å². The maximum Gasteiger partial charge on any atom is 0.370 e. The quantitative estimate of drug-likeness (QED) is 0.491. The summed E-state index contributed by atoms with van der Waals surface area (Å²) in [5.74, 6) is -0.0171. The van der Waals surface area contributed by atoms with Crippen LogP contribution < -0.4 is 16.8 Å². The molecule has 10 heavy (non-hydrogen) atoms. The molecule has 0 amide bonds. The summed E-state index contributed by atoms with van der Waals surface area (Å²) in [4.78, 5) is 17.7. The van der Waals surface area contributed by atoms with Crippen molar-refractivity contribution < 1.29 is 0 Å². The van der Waals surface area contributed by atoms with Gasteiger partial charge in [0.1, 0.15) is 6.33 Å². The highest BCUT2D eigenvalue weighted by molar-refractivity contribution is 5.09. The first-order valence-corrected chi connectivity index (χ1v) is 2.63. The molecule has 0 unspecified atom stereocenters. The molecule has 0 aliphatic heterocycles. The molecule has 1 heterocycles. The Morgan fingerprint density at radius 3 is 3.00 bits per heavy atom. The van der Waals surface area contributed by atoms with Crippen LogP contribution in [0.3, 0.4) is 0 Å². The van der Waals surface area contributed by atoms with Gasteiger partial charge in [0.25, 0.3) is 0 Å². The van der Waals surface area contributed by atoms with E-state index in [0.29, 0.717) is 0 Å². The smallest absolute Gasteiger partial charge is 0.368 e. The minimum atomic E-state index is -0.463. The summed E-state index contributed by atoms with van der Waals surface area (Å²) in [6.45, 7) is 0. The number of anilines is 1. The van der Waals surface area contributed by atoms with Gasteiger partial charge in [-0.2, -0.15) is 9.66 Å². The Hall–Kier alpha value is -1.59. The van der Waals surface area contributed by atoms with Gasteiger partial charge in [-0.25, -0.2) is 9.78 Å². The van der Waals surface area contributed by atoms with E-state index in [0.717, 1.165) is 4.68 Å². The van der Waals surface area contributed by atoms with Crippen LogP contribution in [-0.2, 0) is 0 Å². The minimum Gasteiger partial charge on any atom is -0.368 e. The summed E-state index contributed by atoms with van der Waals surface area (Å²) in [5.41, 5.74) is 7.20. The van der Waals surface area contributed by atoms with E-state index in [-0.39, 0.29) is 5.95 Å². The second kappa shape index (κ2) is 2.34. The van der Waals surface area contributed by atoms with Crippen LogP contribution in [0, 0.1) is 0 Å². The highest BCUT2D eigenvalue weighted by Gasteiger charge is 1.93. The van der Waals surface area contributed by atoms with Crippen molar-refractivity contribution in [2.75, 3.05) is 18.2 Å². The van der Waals surface area contributed by atoms with Gasteiger partial charge in [-0.05, 0) is 0 Å². The third kappa shape index (κ3) is 1.04. The molecule has 0 saturated carbocycles. The molecule has 0 atom stereocenters. The minimum absolute atomic E-state index is 0.0171. The maximum atomic E-state index is 10.7. The van der Waals surface area contributed by atoms with Crippen molar-refractivity contribution in [3.63, 3.8) is 0 Å². The van der Waals surface area contributed by atoms with E-state index in [1.165, 1.54) is 6.33 Å². The second-order valence-corrected chi connectivity index (χ2v) is 1.59. The van der Waals surface area contributed by atoms with Gasteiger partial charge in [0.05, 0.1) is 0 Å². The molecule has 6 nitrogen and oxygen atoms in total. The Bertz CT molecular complexity index is 279. The first-order valence-electron chi connectivity index (χ1n) is 2.63. The zero-order chi connectivity index (χ0) is 7.56. The number of nitrogens with one attached hydrogen (secondary N) is 1. The van der Waals surface area contributed by atoms with Gasteiger partial charge < -0.3 is 11.2 Å². The van der Waals surface area contributed by atoms with Gasteiger partial charge in [-0.15, -0.1) is 0 Å². The van der Waals surface area contributed by atoms with Crippen molar-refractivity contribution in [3.8, 4) is 0 Å². The van der Waals surface area contributed by atoms with Crippen LogP contribution in [0.15, 0.2) is 11.1 Å². The first-order chi connectivity index (χ1) is 4.74. The molecule has 0 fully saturated rings. The first kappa shape index (κ1) is 6.53. The van der Waals surface area contributed by atoms with Crippen LogP contribution in [0.4, 0.5) is 5.95 Å². The Morgan fingerprint density at radius 2 is 2.50 bits per heavy atom. The lowest BCUT2D eigenvalue weighted by Crippen LogP contribution is -2.29. The van der Waals surface area contributed by atoms with E-state index in [1.807, 2.05) is 0 Å². The van der Waals surface area contributed by atoms with Crippen molar-refractivity contribution in [1.82, 2.24) is 14.6 Å². The fourth-order valence-electron chi connectivity index (χ4n) is 0.500. The number of aromatic nitrogens is 3. The predicted octanol–water partition coefficient (Wildman–Crippen LogP) is -1.61. The van der Waals surface area contributed by atoms with Crippen molar-refractivity contribution >= 4 is 5.95 Å². The SMILES string of the molecule is CNn1cnc(N)nc1=O. The lowest BCUT2D eigenvalue weighted by molar-refractivity contribution is 0.789. The lowest BCUT2D eigenvalue weighted by atomic mass is 10.9. The average Bonchev–Trinajstić information content (AvgIpc) is 1.88. The summed E-state index contributed by atoms with van der Waals surface area (Å²) >= 11 is 0. The number of hydrogen-bond acceptors (Lipinski definition) is 5. The highest BCUT2D eigenvalue weighted by atomic mass is 16.2. The topological polar surface area (TPSA) is 85.8 Å². The predicted molar refractivity (Wildman–Crippen MR) is 36.0 cm³/mol. The average molecular weight is 141 g/mol. The fourth-order valence-corrected chi connectivity index (χ4v) is 0.500. The van der Waals surface area contributed by atoms with E-state index < -0.39 is 5.69 Å². The molecule has 0 spiro atoms. The Balaban J connectivity index is 3.20. The third-order valence-corrected chi connectivity index (χ3v) is 0.963. The van der Waals surface area contributed by atoms with Crippen LogP contribution in [0.1, 0.15) is 0 Å². The maximum absolute atomic E-state index is 10.7. The third-order valence-electron chi connectivity index (χ3n) is 0.963. The van der Waals surface area contributed by atoms with Crippen LogP contribution in [-0.4, -0.2) is 21.7 Å². The molecular formula is C4H7N5O. The van der Waals surface area contributed by atoms with E-state index in [4.69, 9.17) is 5.73 Å². The molecule has 0 bridgehead atoms. The molecule has 54 valence electrons. The van der Waals surface area contributed by atoms with Gasteiger partial charge >= 0.3 is 5.69 Å². The zero-order valence-corrected chi connectivity index (χ0v) is 5.40. The van der Waals surface area contributed by atoms with Crippen molar-refractivity contribution in [3.05, 3.63) is 16.8 Å². The Kier molecular flexibility index (Phi) is 1.53. The number of rotatable bonds is 1. The van der Waals surface area contributed by atoms with Gasteiger partial charge in [0.2, 0.25) is 5.95 Å². The Morgan fingerprint density at radius 1 is 1.80 bits per heavy atom. The molecule has 0 aliphatic carbocycles. The van der Waals surface area contributed by atoms with E-state index >= 15 is 0 Å². The summed E-state index contributed by atoms with van der Waals surface area (Å²) in [6.07, 6.45) is 1.27. The molecule has 0 aromatic carbocycles. The number of nitrogen functional groups attached to an aromatic ring is 1. The van der Waals surface area contributed by atoms with Crippen molar-refractivity contribution in [2.45, 2.75) is 0 Å². The van der Waals surface area contributed by atoms with Gasteiger partial charge in [0.15, 0.2) is 0 Å². The van der Waals surface area contributed by atoms with Crippen LogP contribution in [0.25, 0.3) is 0 Å². The number of nitrogens with two attached hydrogens (primary N) is 1. The zero-order valence-electron chi connectivity index (χ0n) is 5.40. The van der Waals surface area contributed by atoms with E-state index in [9.17, 15) is 4.79 Å².